The first-order chi connectivity index (χ1) is 16.9. The normalized spacial score (nSPS) is 26.0. The molecule has 8 nitrogen and oxygen atoms in total. The Hall–Kier alpha value is -2.00. The number of fused-ring (bicyclic) bond motifs is 1. The van der Waals surface area contributed by atoms with Crippen molar-refractivity contribution in [2.45, 2.75) is 57.4 Å². The van der Waals surface area contributed by atoms with Gasteiger partial charge in [-0.15, -0.1) is 0 Å². The smallest absolute Gasteiger partial charge is 0.324 e. The standard InChI is InChI=1S/C27H42N4O4/c1-4-13-31(26(33)28-12-14-29(2)3)25(32)23-17-22-18-27(34-15-16-35-27)11-10-24(22)30(20-23)19-21-8-6-5-7-9-21/h5-9,22-24H,4,10-20H2,1-3H3,(H,28,33)/t22-,23-,24-/m1/s1. The van der Waals surface area contributed by atoms with E-state index in [4.69, 9.17) is 9.47 Å². The van der Waals surface area contributed by atoms with E-state index in [2.05, 4.69) is 34.5 Å². The summed E-state index contributed by atoms with van der Waals surface area (Å²) in [6.45, 7) is 6.47. The van der Waals surface area contributed by atoms with E-state index in [0.717, 1.165) is 45.2 Å². The number of imide groups is 1. The second kappa shape index (κ2) is 11.8. The van der Waals surface area contributed by atoms with Crippen molar-refractivity contribution in [1.29, 1.82) is 0 Å². The van der Waals surface area contributed by atoms with Crippen molar-refractivity contribution in [1.82, 2.24) is 20.0 Å². The van der Waals surface area contributed by atoms with Gasteiger partial charge in [-0.1, -0.05) is 37.3 Å². The van der Waals surface area contributed by atoms with Crippen LogP contribution in [0.25, 0.3) is 0 Å². The second-order valence-corrected chi connectivity index (χ2v) is 10.6. The summed E-state index contributed by atoms with van der Waals surface area (Å²) in [5.41, 5.74) is 1.25. The number of ether oxygens (including phenoxy) is 2. The van der Waals surface area contributed by atoms with Crippen molar-refractivity contribution in [3.05, 3.63) is 35.9 Å². The molecule has 3 atom stereocenters. The van der Waals surface area contributed by atoms with Crippen LogP contribution in [-0.2, 0) is 20.8 Å². The Bertz CT molecular complexity index is 843. The van der Waals surface area contributed by atoms with Gasteiger partial charge in [0.05, 0.1) is 19.1 Å². The predicted octanol–water partition coefficient (Wildman–Crippen LogP) is 2.93. The molecule has 8 heteroatoms. The fraction of sp³-hybridized carbons (Fsp3) is 0.704. The molecule has 2 heterocycles. The van der Waals surface area contributed by atoms with Crippen molar-refractivity contribution < 1.29 is 19.1 Å². The van der Waals surface area contributed by atoms with Gasteiger partial charge in [0, 0.05) is 51.6 Å². The number of piperidine rings is 1. The molecule has 1 N–H and O–H groups in total. The summed E-state index contributed by atoms with van der Waals surface area (Å²) < 4.78 is 12.1. The van der Waals surface area contributed by atoms with Crippen LogP contribution in [0.2, 0.25) is 0 Å². The number of likely N-dealkylation sites (N-methyl/N-ethyl adjacent to an activating group) is 1. The molecular formula is C27H42N4O4. The number of likely N-dealkylation sites (tertiary alicyclic amines) is 1. The first-order valence-corrected chi connectivity index (χ1v) is 13.2. The monoisotopic (exact) mass is 486 g/mol. The van der Waals surface area contributed by atoms with Gasteiger partial charge in [-0.05, 0) is 44.8 Å². The molecule has 35 heavy (non-hydrogen) atoms. The minimum absolute atomic E-state index is 0.0569. The topological polar surface area (TPSA) is 74.4 Å². The molecule has 4 rings (SSSR count). The number of hydrogen-bond acceptors (Lipinski definition) is 6. The third kappa shape index (κ3) is 6.42. The Kier molecular flexibility index (Phi) is 8.81. The van der Waals surface area contributed by atoms with Crippen molar-refractivity contribution >= 4 is 11.9 Å². The lowest BCUT2D eigenvalue weighted by Crippen LogP contribution is -2.58. The molecule has 194 valence electrons. The van der Waals surface area contributed by atoms with E-state index in [-0.39, 0.29) is 17.9 Å². The van der Waals surface area contributed by atoms with Crippen LogP contribution in [0.5, 0.6) is 0 Å². The van der Waals surface area contributed by atoms with E-state index >= 15 is 0 Å². The highest BCUT2D eigenvalue weighted by Crippen LogP contribution is 2.45. The lowest BCUT2D eigenvalue weighted by molar-refractivity contribution is -0.204. The Morgan fingerprint density at radius 2 is 1.89 bits per heavy atom. The van der Waals surface area contributed by atoms with Gasteiger partial charge >= 0.3 is 6.03 Å². The maximum atomic E-state index is 13.8. The van der Waals surface area contributed by atoms with Gasteiger partial charge < -0.3 is 19.7 Å². The summed E-state index contributed by atoms with van der Waals surface area (Å²) in [6.07, 6.45) is 4.23. The van der Waals surface area contributed by atoms with E-state index in [1.165, 1.54) is 10.5 Å². The number of amides is 3. The summed E-state index contributed by atoms with van der Waals surface area (Å²) in [7, 11) is 3.94. The van der Waals surface area contributed by atoms with Gasteiger partial charge in [-0.25, -0.2) is 4.79 Å². The van der Waals surface area contributed by atoms with Gasteiger partial charge in [0.25, 0.3) is 0 Å². The third-order valence-corrected chi connectivity index (χ3v) is 7.63. The average Bonchev–Trinajstić information content (AvgIpc) is 3.29. The highest BCUT2D eigenvalue weighted by molar-refractivity contribution is 5.95. The molecule has 3 amide bonds. The maximum Gasteiger partial charge on any atom is 0.324 e. The zero-order valence-corrected chi connectivity index (χ0v) is 21.6. The first kappa shape index (κ1) is 26.1. The average molecular weight is 487 g/mol. The number of carbonyl (C=O) groups is 2. The van der Waals surface area contributed by atoms with Crippen LogP contribution in [0, 0.1) is 11.8 Å². The summed E-state index contributed by atoms with van der Waals surface area (Å²) in [6, 6.07) is 10.6. The van der Waals surface area contributed by atoms with Gasteiger partial charge in [-0.3, -0.25) is 14.6 Å². The van der Waals surface area contributed by atoms with Crippen molar-refractivity contribution in [2.75, 3.05) is 53.5 Å². The number of nitrogens with zero attached hydrogens (tertiary/aromatic N) is 3. The molecule has 2 saturated heterocycles. The predicted molar refractivity (Wildman–Crippen MR) is 135 cm³/mol. The number of hydrogen-bond donors (Lipinski definition) is 1. The van der Waals surface area contributed by atoms with E-state index in [1.807, 2.05) is 32.0 Å². The fourth-order valence-corrected chi connectivity index (χ4v) is 6.00. The molecule has 3 fully saturated rings. The van der Waals surface area contributed by atoms with Gasteiger partial charge in [-0.2, -0.15) is 0 Å². The number of urea groups is 1. The fourth-order valence-electron chi connectivity index (χ4n) is 6.00. The quantitative estimate of drug-likeness (QED) is 0.609. The summed E-state index contributed by atoms with van der Waals surface area (Å²) >= 11 is 0. The SMILES string of the molecule is CCCN(C(=O)NCCN(C)C)C(=O)[C@@H]1C[C@@H]2CC3(CC[C@H]2N(Cc2ccccc2)C1)OCCO3. The van der Waals surface area contributed by atoms with Crippen molar-refractivity contribution in [2.24, 2.45) is 11.8 Å². The zero-order chi connectivity index (χ0) is 24.8. The molecule has 1 spiro atoms. The van der Waals surface area contributed by atoms with Crippen LogP contribution < -0.4 is 5.32 Å². The number of rotatable bonds is 8. The number of carbonyl (C=O) groups excluding carboxylic acids is 2. The van der Waals surface area contributed by atoms with Crippen molar-refractivity contribution in [3.63, 3.8) is 0 Å². The Morgan fingerprint density at radius 1 is 1.14 bits per heavy atom. The molecule has 1 aromatic rings. The summed E-state index contributed by atoms with van der Waals surface area (Å²) in [4.78, 5) is 32.7. The number of benzene rings is 1. The molecular weight excluding hydrogens is 444 g/mol. The van der Waals surface area contributed by atoms with E-state index in [0.29, 0.717) is 44.8 Å². The van der Waals surface area contributed by atoms with Crippen LogP contribution in [0.4, 0.5) is 4.79 Å². The van der Waals surface area contributed by atoms with Crippen LogP contribution >= 0.6 is 0 Å². The van der Waals surface area contributed by atoms with Gasteiger partial charge in [0.15, 0.2) is 5.79 Å². The lowest BCUT2D eigenvalue weighted by Gasteiger charge is -2.50. The Balaban J connectivity index is 1.50. The largest absolute Gasteiger partial charge is 0.348 e. The third-order valence-electron chi connectivity index (χ3n) is 7.63. The zero-order valence-electron chi connectivity index (χ0n) is 21.6. The van der Waals surface area contributed by atoms with Gasteiger partial charge in [0.2, 0.25) is 5.91 Å². The first-order valence-electron chi connectivity index (χ1n) is 13.2. The Morgan fingerprint density at radius 3 is 2.57 bits per heavy atom. The highest BCUT2D eigenvalue weighted by Gasteiger charge is 2.50. The molecule has 1 aromatic carbocycles. The number of nitrogens with one attached hydrogen (secondary N) is 1. The van der Waals surface area contributed by atoms with Crippen LogP contribution in [-0.4, -0.2) is 92.0 Å². The Labute approximate surface area is 209 Å². The molecule has 0 unspecified atom stereocenters. The molecule has 0 bridgehead atoms. The van der Waals surface area contributed by atoms with E-state index in [9.17, 15) is 9.59 Å². The van der Waals surface area contributed by atoms with E-state index < -0.39 is 5.79 Å². The van der Waals surface area contributed by atoms with Gasteiger partial charge in [0.1, 0.15) is 0 Å². The minimum Gasteiger partial charge on any atom is -0.348 e. The molecule has 0 radical (unpaired) electrons. The van der Waals surface area contributed by atoms with Crippen LogP contribution in [0.3, 0.4) is 0 Å². The second-order valence-electron chi connectivity index (χ2n) is 10.6. The molecule has 3 aliphatic rings. The van der Waals surface area contributed by atoms with Crippen LogP contribution in [0.1, 0.15) is 44.6 Å². The minimum atomic E-state index is -0.489. The lowest BCUT2D eigenvalue weighted by atomic mass is 9.72. The van der Waals surface area contributed by atoms with E-state index in [1.54, 1.807) is 0 Å². The van der Waals surface area contributed by atoms with Crippen molar-refractivity contribution in [3.8, 4) is 0 Å². The van der Waals surface area contributed by atoms with Crippen LogP contribution in [0.15, 0.2) is 30.3 Å². The maximum absolute atomic E-state index is 13.8. The molecule has 1 aliphatic carbocycles. The molecule has 1 saturated carbocycles. The summed E-state index contributed by atoms with van der Waals surface area (Å²) in [5, 5.41) is 2.94. The molecule has 2 aliphatic heterocycles. The highest BCUT2D eigenvalue weighted by atomic mass is 16.7. The summed E-state index contributed by atoms with van der Waals surface area (Å²) in [5.74, 6) is -0.466. The molecule has 0 aromatic heterocycles.